The third kappa shape index (κ3) is 4.21. The minimum atomic E-state index is -0.0371. The van der Waals surface area contributed by atoms with Gasteiger partial charge in [0.25, 0.3) is 5.91 Å². The smallest absolute Gasteiger partial charge is 0.268 e. The summed E-state index contributed by atoms with van der Waals surface area (Å²) >= 11 is 3.42. The molecule has 5 heteroatoms. The van der Waals surface area contributed by atoms with Gasteiger partial charge < -0.3 is 14.6 Å². The molecular formula is C14H19BrN2O2. The summed E-state index contributed by atoms with van der Waals surface area (Å²) in [5.74, 6) is -0.0371. The average molecular weight is 327 g/mol. The second-order valence-corrected chi connectivity index (χ2v) is 5.54. The zero-order valence-electron chi connectivity index (χ0n) is 10.9. The number of nitrogens with zero attached hydrogens (tertiary/aromatic N) is 1. The molecule has 0 saturated heterocycles. The number of rotatable bonds is 8. The molecule has 0 radical (unpaired) electrons. The van der Waals surface area contributed by atoms with Crippen molar-refractivity contribution in [2.75, 3.05) is 19.8 Å². The van der Waals surface area contributed by atoms with Crippen LogP contribution in [0.4, 0.5) is 0 Å². The second-order valence-electron chi connectivity index (χ2n) is 4.63. The highest BCUT2D eigenvalue weighted by molar-refractivity contribution is 9.10. The highest BCUT2D eigenvalue weighted by atomic mass is 79.9. The molecule has 2 rings (SSSR count). The lowest BCUT2D eigenvalue weighted by molar-refractivity contribution is 0.0909. The van der Waals surface area contributed by atoms with E-state index in [1.807, 2.05) is 18.3 Å². The minimum Gasteiger partial charge on any atom is -0.379 e. The molecule has 0 spiro atoms. The third-order valence-corrected chi connectivity index (χ3v) is 3.42. The number of aromatic nitrogens is 1. The SMILES string of the molecule is C=CCCOCCNC(=O)c1cc(Br)cn1C1CC1. The number of carbonyl (C=O) groups excluding carboxylic acids is 1. The van der Waals surface area contributed by atoms with E-state index in [0.29, 0.717) is 25.8 Å². The van der Waals surface area contributed by atoms with Crippen LogP contribution in [0.5, 0.6) is 0 Å². The lowest BCUT2D eigenvalue weighted by Gasteiger charge is -2.08. The molecule has 19 heavy (non-hydrogen) atoms. The van der Waals surface area contributed by atoms with Crippen molar-refractivity contribution in [1.29, 1.82) is 0 Å². The number of hydrogen-bond acceptors (Lipinski definition) is 2. The molecule has 1 N–H and O–H groups in total. The first kappa shape index (κ1) is 14.3. The fraction of sp³-hybridized carbons (Fsp3) is 0.500. The maximum atomic E-state index is 12.1. The Morgan fingerprint density at radius 3 is 3.05 bits per heavy atom. The van der Waals surface area contributed by atoms with Crippen LogP contribution in [0.3, 0.4) is 0 Å². The molecule has 0 atom stereocenters. The van der Waals surface area contributed by atoms with Gasteiger partial charge in [-0.25, -0.2) is 0 Å². The van der Waals surface area contributed by atoms with Crippen LogP contribution in [-0.2, 0) is 4.74 Å². The van der Waals surface area contributed by atoms with Crippen molar-refractivity contribution >= 4 is 21.8 Å². The summed E-state index contributed by atoms with van der Waals surface area (Å²) in [4.78, 5) is 12.1. The van der Waals surface area contributed by atoms with Crippen LogP contribution in [0.25, 0.3) is 0 Å². The zero-order chi connectivity index (χ0) is 13.7. The van der Waals surface area contributed by atoms with E-state index in [2.05, 4.69) is 32.4 Å². The van der Waals surface area contributed by atoms with E-state index in [1.165, 1.54) is 0 Å². The maximum absolute atomic E-state index is 12.1. The lowest BCUT2D eigenvalue weighted by atomic mass is 10.4. The Morgan fingerprint density at radius 2 is 2.37 bits per heavy atom. The standard InChI is InChI=1S/C14H19BrN2O2/c1-2-3-7-19-8-6-16-14(18)13-9-11(15)10-17(13)12-4-5-12/h2,9-10,12H,1,3-8H2,(H,16,18). The highest BCUT2D eigenvalue weighted by Gasteiger charge is 2.27. The van der Waals surface area contributed by atoms with Crippen molar-refractivity contribution in [1.82, 2.24) is 9.88 Å². The molecule has 1 heterocycles. The number of amides is 1. The normalized spacial score (nSPS) is 14.4. The number of hydrogen-bond donors (Lipinski definition) is 1. The molecule has 1 aromatic rings. The molecule has 0 bridgehead atoms. The Bertz CT molecular complexity index is 452. The van der Waals surface area contributed by atoms with Crippen LogP contribution in [0.15, 0.2) is 29.4 Å². The number of carbonyl (C=O) groups is 1. The van der Waals surface area contributed by atoms with E-state index in [1.54, 1.807) is 0 Å². The Labute approximate surface area is 121 Å². The molecule has 104 valence electrons. The molecule has 1 amide bonds. The molecule has 4 nitrogen and oxygen atoms in total. The van der Waals surface area contributed by atoms with Crippen molar-refractivity contribution < 1.29 is 9.53 Å². The summed E-state index contributed by atoms with van der Waals surface area (Å²) in [5, 5.41) is 2.88. The quantitative estimate of drug-likeness (QED) is 0.589. The van der Waals surface area contributed by atoms with Gasteiger partial charge in [0, 0.05) is 23.3 Å². The van der Waals surface area contributed by atoms with Gasteiger partial charge >= 0.3 is 0 Å². The van der Waals surface area contributed by atoms with Crippen LogP contribution < -0.4 is 5.32 Å². The predicted molar refractivity (Wildman–Crippen MR) is 78.4 cm³/mol. The third-order valence-electron chi connectivity index (χ3n) is 2.99. The summed E-state index contributed by atoms with van der Waals surface area (Å²) in [6, 6.07) is 2.36. The van der Waals surface area contributed by atoms with Gasteiger partial charge in [-0.2, -0.15) is 0 Å². The largest absolute Gasteiger partial charge is 0.379 e. The summed E-state index contributed by atoms with van der Waals surface area (Å²) in [5.41, 5.74) is 0.723. The Hall–Kier alpha value is -1.07. The monoisotopic (exact) mass is 326 g/mol. The van der Waals surface area contributed by atoms with Gasteiger partial charge in [-0.05, 0) is 41.3 Å². The van der Waals surface area contributed by atoms with Gasteiger partial charge in [0.1, 0.15) is 5.69 Å². The summed E-state index contributed by atoms with van der Waals surface area (Å²) < 4.78 is 8.36. The summed E-state index contributed by atoms with van der Waals surface area (Å²) in [6.45, 7) is 5.34. The van der Waals surface area contributed by atoms with E-state index >= 15 is 0 Å². The fourth-order valence-corrected chi connectivity index (χ4v) is 2.32. The Morgan fingerprint density at radius 1 is 1.58 bits per heavy atom. The van der Waals surface area contributed by atoms with Crippen molar-refractivity contribution in [3.05, 3.63) is 35.1 Å². The van der Waals surface area contributed by atoms with E-state index in [4.69, 9.17) is 4.74 Å². The van der Waals surface area contributed by atoms with Gasteiger partial charge in [0.2, 0.25) is 0 Å². The maximum Gasteiger partial charge on any atom is 0.268 e. The van der Waals surface area contributed by atoms with Gasteiger partial charge in [-0.3, -0.25) is 4.79 Å². The zero-order valence-corrected chi connectivity index (χ0v) is 12.5. The highest BCUT2D eigenvalue weighted by Crippen LogP contribution is 2.37. The van der Waals surface area contributed by atoms with Gasteiger partial charge in [-0.1, -0.05) is 6.08 Å². The topological polar surface area (TPSA) is 43.3 Å². The minimum absolute atomic E-state index is 0.0371. The summed E-state index contributed by atoms with van der Waals surface area (Å²) in [7, 11) is 0. The summed E-state index contributed by atoms with van der Waals surface area (Å²) in [6.07, 6.45) is 6.95. The molecule has 1 fully saturated rings. The molecular weight excluding hydrogens is 308 g/mol. The van der Waals surface area contributed by atoms with Gasteiger partial charge in [-0.15, -0.1) is 6.58 Å². The molecule has 1 aliphatic rings. The van der Waals surface area contributed by atoms with Crippen LogP contribution in [0.2, 0.25) is 0 Å². The first-order valence-corrected chi connectivity index (χ1v) is 7.36. The first-order valence-electron chi connectivity index (χ1n) is 6.56. The van der Waals surface area contributed by atoms with Crippen LogP contribution in [-0.4, -0.2) is 30.2 Å². The molecule has 0 unspecified atom stereocenters. The van der Waals surface area contributed by atoms with Crippen molar-refractivity contribution in [3.63, 3.8) is 0 Å². The fourth-order valence-electron chi connectivity index (χ4n) is 1.88. The van der Waals surface area contributed by atoms with Crippen LogP contribution in [0.1, 0.15) is 35.8 Å². The molecule has 1 aliphatic carbocycles. The molecule has 1 aromatic heterocycles. The molecule has 0 aromatic carbocycles. The predicted octanol–water partition coefficient (Wildman–Crippen LogP) is 2.91. The molecule has 0 aliphatic heterocycles. The van der Waals surface area contributed by atoms with Crippen molar-refractivity contribution in [2.24, 2.45) is 0 Å². The van der Waals surface area contributed by atoms with E-state index in [-0.39, 0.29) is 5.91 Å². The van der Waals surface area contributed by atoms with Crippen molar-refractivity contribution in [2.45, 2.75) is 25.3 Å². The van der Waals surface area contributed by atoms with Crippen LogP contribution >= 0.6 is 15.9 Å². The van der Waals surface area contributed by atoms with Crippen molar-refractivity contribution in [3.8, 4) is 0 Å². The average Bonchev–Trinajstić information content (AvgIpc) is 3.16. The Balaban J connectivity index is 1.78. The first-order chi connectivity index (χ1) is 9.22. The van der Waals surface area contributed by atoms with E-state index in [9.17, 15) is 4.79 Å². The van der Waals surface area contributed by atoms with E-state index in [0.717, 1.165) is 29.4 Å². The Kier molecular flexibility index (Phi) is 5.22. The van der Waals surface area contributed by atoms with E-state index < -0.39 is 0 Å². The molecule has 1 saturated carbocycles. The number of ether oxygens (including phenoxy) is 1. The number of nitrogens with one attached hydrogen (secondary N) is 1. The lowest BCUT2D eigenvalue weighted by Crippen LogP contribution is -2.29. The van der Waals surface area contributed by atoms with Gasteiger partial charge in [0.05, 0.1) is 13.2 Å². The van der Waals surface area contributed by atoms with Gasteiger partial charge in [0.15, 0.2) is 0 Å². The van der Waals surface area contributed by atoms with Crippen LogP contribution in [0, 0.1) is 0 Å². The second kappa shape index (κ2) is 6.91. The number of halogens is 1.